The van der Waals surface area contributed by atoms with Crippen LogP contribution in [0.4, 0.5) is 34.1 Å². The number of aromatic hydroxyl groups is 2. The molecule has 8 N–H and O–H groups in total. The van der Waals surface area contributed by atoms with Crippen molar-refractivity contribution < 1.29 is 70.3 Å². The fraction of sp³-hybridized carbons (Fsp3) is 0. The van der Waals surface area contributed by atoms with Crippen molar-refractivity contribution in [3.05, 3.63) is 58.6 Å². The van der Waals surface area contributed by atoms with E-state index in [4.69, 9.17) is 16.2 Å². The van der Waals surface area contributed by atoms with Crippen LogP contribution in [0.15, 0.2) is 88.6 Å². The van der Waals surface area contributed by atoms with Gasteiger partial charge in [-0.1, -0.05) is 10.1 Å². The molecule has 0 aliphatic rings. The van der Waals surface area contributed by atoms with Gasteiger partial charge in [-0.15, -0.1) is 29.1 Å². The molecule has 0 saturated heterocycles. The van der Waals surface area contributed by atoms with Gasteiger partial charge >= 0.3 is 0 Å². The first-order valence-electron chi connectivity index (χ1n) is 11.9. The van der Waals surface area contributed by atoms with E-state index < -0.39 is 74.6 Å². The zero-order valence-electron chi connectivity index (χ0n) is 22.8. The predicted molar refractivity (Wildman–Crippen MR) is 161 cm³/mol. The normalized spacial score (nSPS) is 12.4. The second-order valence-corrected chi connectivity index (χ2v) is 12.9. The molecule has 254 valence electrons. The molecule has 0 heterocycles. The van der Waals surface area contributed by atoms with Gasteiger partial charge in [-0.05, 0) is 41.8 Å². The third kappa shape index (κ3) is 8.10. The van der Waals surface area contributed by atoms with Crippen molar-refractivity contribution in [2.24, 2.45) is 20.5 Å². The summed E-state index contributed by atoms with van der Waals surface area (Å²) in [6, 6.07) is 7.68. The van der Waals surface area contributed by atoms with Gasteiger partial charge in [0, 0.05) is 17.8 Å². The Morgan fingerprint density at radius 3 is 1.92 bits per heavy atom. The molecule has 0 atom stereocenters. The summed E-state index contributed by atoms with van der Waals surface area (Å²) < 4.78 is 76.5. The lowest BCUT2D eigenvalue weighted by molar-refractivity contribution is -0.432. The largest absolute Gasteiger partial charge is 0.505 e. The number of fused-ring (bicyclic) bond motifs is 1. The van der Waals surface area contributed by atoms with Crippen molar-refractivity contribution in [3.63, 3.8) is 0 Å². The average Bonchev–Trinajstić information content (AvgIpc) is 3.00. The van der Waals surface area contributed by atoms with Crippen LogP contribution in [0, 0.1) is 10.1 Å². The van der Waals surface area contributed by atoms with Gasteiger partial charge in [-0.2, -0.15) is 16.8 Å². The van der Waals surface area contributed by atoms with E-state index in [1.807, 2.05) is 0 Å². The number of nitro benzene ring substituents is 1. The predicted octanol–water partition coefficient (Wildman–Crippen LogP) is 5.92. The standard InChI is InChI=1S/C22H16N6O16S4/c23-10-1-4-16(47(35,36)37)13(7-10)25-26-19-15(46-44-42-34)5-9-6-17(48(38,39)40)20(22(30)18(9)21(19)29)27-24-12-3-2-11(28(31)32)8-14(12)45-43-41-33/h1-8,29-30,33-34H,23H2,(H,35,36,37)(H,38,39,40)/b26-25+,27-24+. The molecule has 48 heavy (non-hydrogen) atoms. The summed E-state index contributed by atoms with van der Waals surface area (Å²) in [6.07, 6.45) is 0. The molecule has 4 rings (SSSR count). The molecule has 0 radical (unpaired) electrons. The second kappa shape index (κ2) is 14.7. The van der Waals surface area contributed by atoms with Gasteiger partial charge in [0.25, 0.3) is 25.9 Å². The minimum atomic E-state index is -5.22. The van der Waals surface area contributed by atoms with Gasteiger partial charge in [0.05, 0.1) is 44.2 Å². The summed E-state index contributed by atoms with van der Waals surface area (Å²) in [6.45, 7) is 0. The lowest BCUT2D eigenvalue weighted by Gasteiger charge is -2.13. The van der Waals surface area contributed by atoms with Crippen LogP contribution >= 0.6 is 24.1 Å². The number of phenolic OH excluding ortho intramolecular Hbond substituents is 2. The Balaban J connectivity index is 1.98. The Kier molecular flexibility index (Phi) is 11.1. The third-order valence-electron chi connectivity index (χ3n) is 5.77. The van der Waals surface area contributed by atoms with Crippen LogP contribution in [-0.2, 0) is 39.0 Å². The number of nitrogen functional groups attached to an aromatic ring is 1. The fourth-order valence-electron chi connectivity index (χ4n) is 3.82. The molecular formula is C22H16N6O16S4. The number of hydrogen-bond acceptors (Lipinski definition) is 21. The van der Waals surface area contributed by atoms with Crippen molar-refractivity contribution in [2.45, 2.75) is 19.6 Å². The summed E-state index contributed by atoms with van der Waals surface area (Å²) in [4.78, 5) is 8.05. The number of rotatable bonds is 13. The van der Waals surface area contributed by atoms with E-state index in [0.717, 1.165) is 48.5 Å². The summed E-state index contributed by atoms with van der Waals surface area (Å²) in [5, 5.41) is 71.6. The zero-order valence-corrected chi connectivity index (χ0v) is 26.1. The van der Waals surface area contributed by atoms with E-state index in [2.05, 4.69) is 39.2 Å². The Hall–Kier alpha value is -4.58. The maximum Gasteiger partial charge on any atom is 0.296 e. The molecule has 0 aliphatic carbocycles. The highest BCUT2D eigenvalue weighted by Gasteiger charge is 2.27. The zero-order chi connectivity index (χ0) is 35.4. The van der Waals surface area contributed by atoms with E-state index >= 15 is 0 Å². The Morgan fingerprint density at radius 1 is 0.729 bits per heavy atom. The lowest BCUT2D eigenvalue weighted by atomic mass is 10.1. The molecule has 0 spiro atoms. The van der Waals surface area contributed by atoms with Gasteiger partial charge in [-0.25, -0.2) is 10.5 Å². The van der Waals surface area contributed by atoms with Crippen LogP contribution in [0.3, 0.4) is 0 Å². The molecule has 26 heteroatoms. The van der Waals surface area contributed by atoms with Crippen LogP contribution in [0.1, 0.15) is 0 Å². The van der Waals surface area contributed by atoms with Crippen molar-refractivity contribution >= 4 is 89.2 Å². The first kappa shape index (κ1) is 36.3. The number of nitrogens with two attached hydrogens (primary N) is 1. The van der Waals surface area contributed by atoms with Gasteiger partial charge in [0.15, 0.2) is 11.5 Å². The summed E-state index contributed by atoms with van der Waals surface area (Å²) in [5.41, 5.74) is 2.81. The highest BCUT2D eigenvalue weighted by molar-refractivity contribution is 7.95. The number of benzene rings is 4. The smallest absolute Gasteiger partial charge is 0.296 e. The van der Waals surface area contributed by atoms with E-state index in [0.29, 0.717) is 0 Å². The maximum absolute atomic E-state index is 12.3. The summed E-state index contributed by atoms with van der Waals surface area (Å²) in [5.74, 6) is -2.13. The monoisotopic (exact) mass is 748 g/mol. The average molecular weight is 749 g/mol. The topological polar surface area (TPSA) is 345 Å². The molecule has 0 aromatic heterocycles. The Bertz CT molecular complexity index is 2200. The first-order chi connectivity index (χ1) is 22.6. The molecule has 4 aromatic rings. The van der Waals surface area contributed by atoms with Gasteiger partial charge < -0.3 is 15.9 Å². The van der Waals surface area contributed by atoms with Crippen LogP contribution in [-0.4, -0.2) is 51.6 Å². The SMILES string of the molecule is Nc1ccc(S(=O)(=O)O)c(/N=N/c2c(SOOO)cc3cc(S(=O)(=O)O)c(/N=N/c4ccc([N+](=O)[O-])cc4SOOO)c(O)c3c2O)c1. The molecule has 0 fully saturated rings. The van der Waals surface area contributed by atoms with Crippen molar-refractivity contribution in [1.29, 1.82) is 0 Å². The molecule has 0 bridgehead atoms. The van der Waals surface area contributed by atoms with Gasteiger partial charge in [0.2, 0.25) is 0 Å². The fourth-order valence-corrected chi connectivity index (χ4v) is 6.05. The first-order valence-corrected chi connectivity index (χ1v) is 16.2. The van der Waals surface area contributed by atoms with Crippen LogP contribution in [0.5, 0.6) is 11.5 Å². The van der Waals surface area contributed by atoms with Crippen LogP contribution in [0.25, 0.3) is 10.8 Å². The van der Waals surface area contributed by atoms with E-state index in [1.54, 1.807) is 0 Å². The Labute approximate surface area is 274 Å². The van der Waals surface area contributed by atoms with Gasteiger partial charge in [-0.3, -0.25) is 19.2 Å². The maximum atomic E-state index is 12.3. The molecule has 0 amide bonds. The molecule has 22 nitrogen and oxygen atoms in total. The number of phenols is 2. The molecule has 0 saturated carbocycles. The van der Waals surface area contributed by atoms with Crippen molar-refractivity contribution in [1.82, 2.24) is 0 Å². The van der Waals surface area contributed by atoms with E-state index in [9.17, 15) is 46.3 Å². The van der Waals surface area contributed by atoms with E-state index in [-0.39, 0.29) is 50.6 Å². The summed E-state index contributed by atoms with van der Waals surface area (Å²) in [7, 11) is -10.1. The minimum Gasteiger partial charge on any atom is -0.505 e. The third-order valence-corrected chi connectivity index (χ3v) is 8.79. The highest BCUT2D eigenvalue weighted by Crippen LogP contribution is 2.51. The number of azo groups is 2. The van der Waals surface area contributed by atoms with Crippen LogP contribution in [0.2, 0.25) is 0 Å². The number of hydrogen-bond donors (Lipinski definition) is 7. The van der Waals surface area contributed by atoms with Crippen molar-refractivity contribution in [3.8, 4) is 11.5 Å². The molecule has 0 unspecified atom stereocenters. The Morgan fingerprint density at radius 2 is 1.31 bits per heavy atom. The molecular weight excluding hydrogens is 733 g/mol. The van der Waals surface area contributed by atoms with E-state index in [1.165, 1.54) is 0 Å². The number of nitrogens with zero attached hydrogens (tertiary/aromatic N) is 5. The highest BCUT2D eigenvalue weighted by atomic mass is 32.2. The summed E-state index contributed by atoms with van der Waals surface area (Å²) >= 11 is 0.385. The quantitative estimate of drug-likeness (QED) is 0.0158. The minimum absolute atomic E-state index is 0.0129. The lowest BCUT2D eigenvalue weighted by Crippen LogP contribution is -1.99. The number of non-ortho nitro benzene ring substituents is 1. The van der Waals surface area contributed by atoms with Gasteiger partial charge in [0.1, 0.15) is 32.5 Å². The second-order valence-electron chi connectivity index (χ2n) is 8.68. The molecule has 0 aliphatic heterocycles. The number of anilines is 1. The van der Waals surface area contributed by atoms with Crippen molar-refractivity contribution in [2.75, 3.05) is 5.73 Å². The van der Waals surface area contributed by atoms with Crippen LogP contribution < -0.4 is 5.73 Å². The molecule has 4 aromatic carbocycles. The number of nitro groups is 1.